The lowest BCUT2D eigenvalue weighted by atomic mass is 10.1. The van der Waals surface area contributed by atoms with Gasteiger partial charge in [0.15, 0.2) is 5.43 Å². The largest absolute Gasteiger partial charge is 0.491 e. The second-order valence-electron chi connectivity index (χ2n) is 7.62. The SMILES string of the molecule is O=c1cc(-c2ccccc2)oc2cc(OCC(O)CNCCN3CCOCC3)ccc12. The summed E-state index contributed by atoms with van der Waals surface area (Å²) >= 11 is 0. The van der Waals surface area contributed by atoms with E-state index < -0.39 is 6.10 Å². The summed E-state index contributed by atoms with van der Waals surface area (Å²) in [5.41, 5.74) is 1.20. The maximum Gasteiger partial charge on any atom is 0.193 e. The summed E-state index contributed by atoms with van der Waals surface area (Å²) in [5, 5.41) is 14.0. The summed E-state index contributed by atoms with van der Waals surface area (Å²) in [6, 6.07) is 16.1. The molecule has 0 radical (unpaired) electrons. The second-order valence-corrected chi connectivity index (χ2v) is 7.62. The van der Waals surface area contributed by atoms with E-state index in [1.54, 1.807) is 18.2 Å². The summed E-state index contributed by atoms with van der Waals surface area (Å²) in [6.45, 7) is 5.83. The van der Waals surface area contributed by atoms with Crippen LogP contribution in [0.4, 0.5) is 0 Å². The minimum Gasteiger partial charge on any atom is -0.491 e. The van der Waals surface area contributed by atoms with Crippen molar-refractivity contribution >= 4 is 11.0 Å². The number of hydrogen-bond donors (Lipinski definition) is 2. The van der Waals surface area contributed by atoms with Crippen LogP contribution < -0.4 is 15.5 Å². The van der Waals surface area contributed by atoms with Gasteiger partial charge in [-0.2, -0.15) is 0 Å². The molecule has 0 saturated carbocycles. The van der Waals surface area contributed by atoms with Gasteiger partial charge in [-0.25, -0.2) is 0 Å². The number of rotatable bonds is 9. The number of hydrogen-bond acceptors (Lipinski definition) is 7. The van der Waals surface area contributed by atoms with E-state index in [0.29, 0.717) is 29.0 Å². The van der Waals surface area contributed by atoms with Crippen LogP contribution >= 0.6 is 0 Å². The molecule has 4 rings (SSSR count). The summed E-state index contributed by atoms with van der Waals surface area (Å²) in [6.07, 6.45) is -0.636. The minimum absolute atomic E-state index is 0.101. The topological polar surface area (TPSA) is 84.2 Å². The van der Waals surface area contributed by atoms with Gasteiger partial charge in [0.25, 0.3) is 0 Å². The highest BCUT2D eigenvalue weighted by atomic mass is 16.5. The van der Waals surface area contributed by atoms with Gasteiger partial charge in [0.2, 0.25) is 0 Å². The van der Waals surface area contributed by atoms with Crippen molar-refractivity contribution in [3.05, 3.63) is 64.8 Å². The molecule has 1 aliphatic heterocycles. The van der Waals surface area contributed by atoms with Crippen LogP contribution in [0.25, 0.3) is 22.3 Å². The molecule has 164 valence electrons. The highest BCUT2D eigenvalue weighted by Crippen LogP contribution is 2.24. The van der Waals surface area contributed by atoms with E-state index in [2.05, 4.69) is 10.2 Å². The van der Waals surface area contributed by atoms with E-state index in [-0.39, 0.29) is 12.0 Å². The lowest BCUT2D eigenvalue weighted by Crippen LogP contribution is -2.41. The van der Waals surface area contributed by atoms with E-state index in [1.165, 1.54) is 6.07 Å². The molecular weight excluding hydrogens is 396 g/mol. The Bertz CT molecular complexity index is 1030. The van der Waals surface area contributed by atoms with Crippen LogP contribution in [0.1, 0.15) is 0 Å². The molecule has 1 aliphatic rings. The number of fused-ring (bicyclic) bond motifs is 1. The number of aliphatic hydroxyl groups excluding tert-OH is 1. The molecule has 7 heteroatoms. The average Bonchev–Trinajstić information content (AvgIpc) is 2.81. The lowest BCUT2D eigenvalue weighted by Gasteiger charge is -2.26. The van der Waals surface area contributed by atoms with Crippen LogP contribution in [0.2, 0.25) is 0 Å². The van der Waals surface area contributed by atoms with Crippen LogP contribution in [0, 0.1) is 0 Å². The molecule has 2 N–H and O–H groups in total. The van der Waals surface area contributed by atoms with E-state index >= 15 is 0 Å². The zero-order valence-electron chi connectivity index (χ0n) is 17.5. The van der Waals surface area contributed by atoms with Crippen molar-refractivity contribution in [1.82, 2.24) is 10.2 Å². The third kappa shape index (κ3) is 5.92. The molecule has 1 saturated heterocycles. The van der Waals surface area contributed by atoms with Crippen LogP contribution in [0.3, 0.4) is 0 Å². The van der Waals surface area contributed by atoms with Gasteiger partial charge in [-0.15, -0.1) is 0 Å². The fourth-order valence-electron chi connectivity index (χ4n) is 3.55. The Labute approximate surface area is 181 Å². The van der Waals surface area contributed by atoms with Gasteiger partial charge in [0.05, 0.1) is 18.6 Å². The molecule has 0 spiro atoms. The van der Waals surface area contributed by atoms with Crippen molar-refractivity contribution < 1.29 is 19.0 Å². The molecular formula is C24H28N2O5. The van der Waals surface area contributed by atoms with Gasteiger partial charge in [0, 0.05) is 50.4 Å². The Hall–Kier alpha value is -2.71. The second kappa shape index (κ2) is 10.5. The summed E-state index contributed by atoms with van der Waals surface area (Å²) < 4.78 is 17.0. The van der Waals surface area contributed by atoms with E-state index in [0.717, 1.165) is 45.0 Å². The Morgan fingerprint density at radius 1 is 1.10 bits per heavy atom. The van der Waals surface area contributed by atoms with Gasteiger partial charge in [-0.05, 0) is 12.1 Å². The van der Waals surface area contributed by atoms with E-state index in [1.807, 2.05) is 30.3 Å². The van der Waals surface area contributed by atoms with Crippen molar-refractivity contribution in [2.75, 3.05) is 52.5 Å². The first kappa shape index (κ1) is 21.5. The molecule has 2 aromatic carbocycles. The number of benzene rings is 2. The number of morpholine rings is 1. The fraction of sp³-hybridized carbons (Fsp3) is 0.375. The summed E-state index contributed by atoms with van der Waals surface area (Å²) in [4.78, 5) is 14.8. The lowest BCUT2D eigenvalue weighted by molar-refractivity contribution is 0.0376. The molecule has 1 unspecified atom stereocenters. The molecule has 31 heavy (non-hydrogen) atoms. The van der Waals surface area contributed by atoms with E-state index in [4.69, 9.17) is 13.9 Å². The van der Waals surface area contributed by atoms with Crippen LogP contribution in [-0.4, -0.2) is 68.7 Å². The van der Waals surface area contributed by atoms with Crippen LogP contribution in [-0.2, 0) is 4.74 Å². The van der Waals surface area contributed by atoms with Crippen molar-refractivity contribution in [2.45, 2.75) is 6.10 Å². The molecule has 1 atom stereocenters. The molecule has 0 aliphatic carbocycles. The Morgan fingerprint density at radius 2 is 1.90 bits per heavy atom. The van der Waals surface area contributed by atoms with Crippen molar-refractivity contribution in [1.29, 1.82) is 0 Å². The maximum absolute atomic E-state index is 12.5. The molecule has 0 bridgehead atoms. The predicted octanol–water partition coefficient (Wildman–Crippen LogP) is 2.12. The normalized spacial score (nSPS) is 15.8. The standard InChI is InChI=1S/C24H28N2O5/c27-19(16-25-8-9-26-10-12-29-13-11-26)17-30-20-6-7-21-22(28)15-23(31-24(21)14-20)18-4-2-1-3-5-18/h1-7,14-15,19,25,27H,8-13,16-17H2. The van der Waals surface area contributed by atoms with Crippen molar-refractivity contribution in [3.8, 4) is 17.1 Å². The third-order valence-corrected chi connectivity index (χ3v) is 5.29. The van der Waals surface area contributed by atoms with Crippen LogP contribution in [0.15, 0.2) is 63.8 Å². The maximum atomic E-state index is 12.5. The van der Waals surface area contributed by atoms with Crippen molar-refractivity contribution in [3.63, 3.8) is 0 Å². The molecule has 0 amide bonds. The molecule has 1 aromatic heterocycles. The third-order valence-electron chi connectivity index (χ3n) is 5.29. The molecule has 1 fully saturated rings. The first-order valence-corrected chi connectivity index (χ1v) is 10.6. The number of aliphatic hydroxyl groups is 1. The summed E-state index contributed by atoms with van der Waals surface area (Å²) in [7, 11) is 0. The summed E-state index contributed by atoms with van der Waals surface area (Å²) in [5.74, 6) is 1.06. The van der Waals surface area contributed by atoms with Crippen LogP contribution in [0.5, 0.6) is 5.75 Å². The molecule has 3 aromatic rings. The van der Waals surface area contributed by atoms with Crippen molar-refractivity contribution in [2.24, 2.45) is 0 Å². The number of nitrogens with one attached hydrogen (secondary N) is 1. The van der Waals surface area contributed by atoms with Gasteiger partial charge in [0.1, 0.15) is 29.8 Å². The molecule has 2 heterocycles. The smallest absolute Gasteiger partial charge is 0.193 e. The Kier molecular flexibility index (Phi) is 7.32. The van der Waals surface area contributed by atoms with Gasteiger partial charge >= 0.3 is 0 Å². The Morgan fingerprint density at radius 3 is 2.71 bits per heavy atom. The number of ether oxygens (including phenoxy) is 2. The number of nitrogens with zero attached hydrogens (tertiary/aromatic N) is 1. The van der Waals surface area contributed by atoms with Gasteiger partial charge < -0.3 is 24.3 Å². The quantitative estimate of drug-likeness (QED) is 0.509. The zero-order chi connectivity index (χ0) is 21.5. The highest BCUT2D eigenvalue weighted by Gasteiger charge is 2.11. The fourth-order valence-corrected chi connectivity index (χ4v) is 3.55. The minimum atomic E-state index is -0.636. The zero-order valence-corrected chi connectivity index (χ0v) is 17.5. The monoisotopic (exact) mass is 424 g/mol. The molecule has 7 nitrogen and oxygen atoms in total. The average molecular weight is 424 g/mol. The van der Waals surface area contributed by atoms with Gasteiger partial charge in [-0.1, -0.05) is 30.3 Å². The highest BCUT2D eigenvalue weighted by molar-refractivity contribution is 5.80. The first-order chi connectivity index (χ1) is 15.2. The van der Waals surface area contributed by atoms with Gasteiger partial charge in [-0.3, -0.25) is 9.69 Å². The Balaban J connectivity index is 1.31. The predicted molar refractivity (Wildman–Crippen MR) is 120 cm³/mol. The van der Waals surface area contributed by atoms with E-state index in [9.17, 15) is 9.90 Å². The first-order valence-electron chi connectivity index (χ1n) is 10.6.